The van der Waals surface area contributed by atoms with E-state index in [2.05, 4.69) is 15.3 Å². The average Bonchev–Trinajstić information content (AvgIpc) is 3.18. The van der Waals surface area contributed by atoms with Crippen LogP contribution in [0.15, 0.2) is 6.33 Å². The first-order valence-corrected chi connectivity index (χ1v) is 8.02. The van der Waals surface area contributed by atoms with Crippen molar-refractivity contribution >= 4 is 11.5 Å². The van der Waals surface area contributed by atoms with Gasteiger partial charge in [-0.25, -0.2) is 4.68 Å². The number of aryl methyl sites for hydroxylation is 3. The number of rotatable bonds is 5. The quantitative estimate of drug-likeness (QED) is 0.599. The summed E-state index contributed by atoms with van der Waals surface area (Å²) >= 11 is 0. The lowest BCUT2D eigenvalue weighted by atomic mass is 10.2. The van der Waals surface area contributed by atoms with Gasteiger partial charge in [0, 0.05) is 19.6 Å². The SMILES string of the molecule is CCn1cnnc1[C@H]1CN(c2c([N+](=O)[O-])c(C)nn2CC)CCO1. The Labute approximate surface area is 139 Å². The third-order valence-corrected chi connectivity index (χ3v) is 4.19. The van der Waals surface area contributed by atoms with Crippen molar-refractivity contribution in [3.8, 4) is 0 Å². The summed E-state index contributed by atoms with van der Waals surface area (Å²) in [5.41, 5.74) is 0.492. The van der Waals surface area contributed by atoms with Crippen molar-refractivity contribution in [2.24, 2.45) is 0 Å². The van der Waals surface area contributed by atoms with E-state index in [9.17, 15) is 10.1 Å². The van der Waals surface area contributed by atoms with Crippen molar-refractivity contribution in [2.75, 3.05) is 24.6 Å². The van der Waals surface area contributed by atoms with Crippen LogP contribution < -0.4 is 4.90 Å². The predicted molar refractivity (Wildman–Crippen MR) is 85.9 cm³/mol. The van der Waals surface area contributed by atoms with Crippen LogP contribution in [-0.2, 0) is 17.8 Å². The topological polar surface area (TPSA) is 104 Å². The van der Waals surface area contributed by atoms with E-state index in [0.717, 1.165) is 12.4 Å². The molecule has 0 saturated carbocycles. The highest BCUT2D eigenvalue weighted by molar-refractivity contribution is 5.61. The number of morpholine rings is 1. The Balaban J connectivity index is 1.94. The fraction of sp³-hybridized carbons (Fsp3) is 0.643. The van der Waals surface area contributed by atoms with E-state index < -0.39 is 0 Å². The van der Waals surface area contributed by atoms with E-state index in [-0.39, 0.29) is 16.7 Å². The molecule has 130 valence electrons. The second-order valence-electron chi connectivity index (χ2n) is 5.61. The highest BCUT2D eigenvalue weighted by atomic mass is 16.6. The molecule has 0 N–H and O–H groups in total. The maximum atomic E-state index is 11.5. The zero-order valence-electron chi connectivity index (χ0n) is 14.0. The molecule has 24 heavy (non-hydrogen) atoms. The Hall–Kier alpha value is -2.49. The molecule has 1 saturated heterocycles. The van der Waals surface area contributed by atoms with Crippen LogP contribution in [0.5, 0.6) is 0 Å². The zero-order valence-corrected chi connectivity index (χ0v) is 14.0. The van der Waals surface area contributed by atoms with Gasteiger partial charge in [0.05, 0.1) is 18.1 Å². The third kappa shape index (κ3) is 2.73. The standard InChI is InChI=1S/C14H21N7O3/c1-4-18-9-15-16-13(18)11-8-19(6-7-24-11)14-12(21(22)23)10(3)17-20(14)5-2/h9,11H,4-8H2,1-3H3/t11-/m1/s1. The summed E-state index contributed by atoms with van der Waals surface area (Å²) in [6, 6.07) is 0. The van der Waals surface area contributed by atoms with Crippen LogP contribution in [-0.4, -0.2) is 49.2 Å². The maximum Gasteiger partial charge on any atom is 0.333 e. The van der Waals surface area contributed by atoms with E-state index >= 15 is 0 Å². The minimum atomic E-state index is -0.358. The molecule has 2 aromatic rings. The molecule has 0 unspecified atom stereocenters. The predicted octanol–water partition coefficient (Wildman–Crippen LogP) is 1.31. The molecule has 1 aliphatic rings. The van der Waals surface area contributed by atoms with Gasteiger partial charge in [-0.1, -0.05) is 0 Å². The van der Waals surface area contributed by atoms with Crippen molar-refractivity contribution in [3.05, 3.63) is 28.0 Å². The Morgan fingerprint density at radius 3 is 2.88 bits per heavy atom. The molecule has 0 spiro atoms. The fourth-order valence-corrected chi connectivity index (χ4v) is 3.06. The van der Waals surface area contributed by atoms with Crippen molar-refractivity contribution in [1.29, 1.82) is 0 Å². The minimum Gasteiger partial charge on any atom is -0.366 e. The van der Waals surface area contributed by atoms with E-state index in [4.69, 9.17) is 4.74 Å². The molecule has 3 heterocycles. The van der Waals surface area contributed by atoms with Crippen LogP contribution in [0, 0.1) is 17.0 Å². The van der Waals surface area contributed by atoms with Crippen molar-refractivity contribution in [3.63, 3.8) is 0 Å². The van der Waals surface area contributed by atoms with Gasteiger partial charge in [-0.3, -0.25) is 10.1 Å². The lowest BCUT2D eigenvalue weighted by Gasteiger charge is -2.33. The Morgan fingerprint density at radius 2 is 2.21 bits per heavy atom. The zero-order chi connectivity index (χ0) is 17.3. The number of ether oxygens (including phenoxy) is 1. The van der Waals surface area contributed by atoms with Gasteiger partial charge in [-0.15, -0.1) is 10.2 Å². The van der Waals surface area contributed by atoms with Gasteiger partial charge in [-0.05, 0) is 20.8 Å². The van der Waals surface area contributed by atoms with Crippen LogP contribution in [0.1, 0.15) is 31.5 Å². The summed E-state index contributed by atoms with van der Waals surface area (Å²) in [6.07, 6.45) is 1.39. The van der Waals surface area contributed by atoms with Crippen LogP contribution in [0.25, 0.3) is 0 Å². The van der Waals surface area contributed by atoms with E-state index in [0.29, 0.717) is 37.8 Å². The number of aromatic nitrogens is 5. The minimum absolute atomic E-state index is 0.0643. The number of hydrogen-bond donors (Lipinski definition) is 0. The third-order valence-electron chi connectivity index (χ3n) is 4.19. The second-order valence-corrected chi connectivity index (χ2v) is 5.61. The van der Waals surface area contributed by atoms with Gasteiger partial charge in [0.25, 0.3) is 0 Å². The van der Waals surface area contributed by atoms with E-state index in [1.165, 1.54) is 0 Å². The van der Waals surface area contributed by atoms with E-state index in [1.807, 2.05) is 23.3 Å². The van der Waals surface area contributed by atoms with Gasteiger partial charge in [0.15, 0.2) is 5.82 Å². The average molecular weight is 335 g/mol. The fourth-order valence-electron chi connectivity index (χ4n) is 3.06. The highest BCUT2D eigenvalue weighted by Crippen LogP contribution is 2.34. The molecule has 0 radical (unpaired) electrons. The van der Waals surface area contributed by atoms with Crippen LogP contribution in [0.4, 0.5) is 11.5 Å². The normalized spacial score (nSPS) is 18.1. The first-order chi connectivity index (χ1) is 11.6. The number of hydrogen-bond acceptors (Lipinski definition) is 7. The number of nitrogens with zero attached hydrogens (tertiary/aromatic N) is 7. The first kappa shape index (κ1) is 16.4. The summed E-state index contributed by atoms with van der Waals surface area (Å²) in [4.78, 5) is 13.1. The van der Waals surface area contributed by atoms with Gasteiger partial charge < -0.3 is 14.2 Å². The molecule has 10 heteroatoms. The highest BCUT2D eigenvalue weighted by Gasteiger charge is 2.34. The summed E-state index contributed by atoms with van der Waals surface area (Å²) in [5, 5.41) is 23.9. The molecule has 1 atom stereocenters. The maximum absolute atomic E-state index is 11.5. The molecule has 0 amide bonds. The molecule has 0 aromatic carbocycles. The Kier molecular flexibility index (Phi) is 4.47. The number of anilines is 1. The lowest BCUT2D eigenvalue weighted by Crippen LogP contribution is -2.40. The molecule has 0 bridgehead atoms. The van der Waals surface area contributed by atoms with Gasteiger partial charge in [-0.2, -0.15) is 5.10 Å². The molecule has 2 aromatic heterocycles. The molecule has 1 aliphatic heterocycles. The summed E-state index contributed by atoms with van der Waals surface area (Å²) in [5.74, 6) is 1.28. The van der Waals surface area contributed by atoms with Crippen LogP contribution >= 0.6 is 0 Å². The molecule has 10 nitrogen and oxygen atoms in total. The van der Waals surface area contributed by atoms with Crippen molar-refractivity contribution in [2.45, 2.75) is 40.0 Å². The van der Waals surface area contributed by atoms with E-state index in [1.54, 1.807) is 17.9 Å². The van der Waals surface area contributed by atoms with Crippen LogP contribution in [0.2, 0.25) is 0 Å². The Bertz CT molecular complexity index is 739. The summed E-state index contributed by atoms with van der Waals surface area (Å²) in [6.45, 7) is 8.42. The van der Waals surface area contributed by atoms with Gasteiger partial charge >= 0.3 is 5.69 Å². The molecule has 3 rings (SSSR count). The second kappa shape index (κ2) is 6.56. The lowest BCUT2D eigenvalue weighted by molar-refractivity contribution is -0.384. The molecular formula is C14H21N7O3. The molecule has 0 aliphatic carbocycles. The largest absolute Gasteiger partial charge is 0.366 e. The van der Waals surface area contributed by atoms with Gasteiger partial charge in [0.1, 0.15) is 18.1 Å². The summed E-state index contributed by atoms with van der Waals surface area (Å²) < 4.78 is 9.44. The smallest absolute Gasteiger partial charge is 0.333 e. The number of nitro groups is 1. The Morgan fingerprint density at radius 1 is 1.42 bits per heavy atom. The van der Waals surface area contributed by atoms with Gasteiger partial charge in [0.2, 0.25) is 5.82 Å². The molecule has 1 fully saturated rings. The summed E-state index contributed by atoms with van der Waals surface area (Å²) in [7, 11) is 0. The monoisotopic (exact) mass is 335 g/mol. The first-order valence-electron chi connectivity index (χ1n) is 8.02. The van der Waals surface area contributed by atoms with Crippen molar-refractivity contribution < 1.29 is 9.66 Å². The molecular weight excluding hydrogens is 314 g/mol. The van der Waals surface area contributed by atoms with Crippen molar-refractivity contribution in [1.82, 2.24) is 24.5 Å². The van der Waals surface area contributed by atoms with Crippen LogP contribution in [0.3, 0.4) is 0 Å².